The molecule has 0 aromatic carbocycles. The lowest BCUT2D eigenvalue weighted by Gasteiger charge is -2.16. The van der Waals surface area contributed by atoms with Crippen LogP contribution in [-0.2, 0) is 24.4 Å². The molecule has 0 heterocycles. The van der Waals surface area contributed by atoms with Crippen molar-refractivity contribution in [2.75, 3.05) is 20.5 Å². The molecule has 0 aromatic heterocycles. The minimum absolute atomic E-state index is 1.10. The van der Waals surface area contributed by atoms with Gasteiger partial charge in [0.1, 0.15) is 0 Å². The number of halogens is 1. The molecule has 7 heteroatoms. The van der Waals surface area contributed by atoms with Gasteiger partial charge in [-0.25, -0.2) is 0 Å². The van der Waals surface area contributed by atoms with E-state index in [9.17, 15) is 8.77 Å². The van der Waals surface area contributed by atoms with Crippen molar-refractivity contribution >= 4 is 30.0 Å². The molecule has 11 heavy (non-hydrogen) atoms. The highest BCUT2D eigenvalue weighted by molar-refractivity contribution is 7.94. The Kier molecular flexibility index (Phi) is 4.82. The van der Waals surface area contributed by atoms with E-state index in [0.717, 1.165) is 0 Å². The SMILES string of the molecule is COP(=O)(OC)[C@H](Cl)[S@](C)=O. The van der Waals surface area contributed by atoms with Gasteiger partial charge in [0.2, 0.25) is 4.45 Å². The van der Waals surface area contributed by atoms with E-state index in [0.29, 0.717) is 0 Å². The minimum Gasteiger partial charge on any atom is -0.310 e. The summed E-state index contributed by atoms with van der Waals surface area (Å²) in [5.74, 6) is 0. The number of hydrogen-bond donors (Lipinski definition) is 0. The molecule has 0 radical (unpaired) electrons. The van der Waals surface area contributed by atoms with Crippen LogP contribution in [0.4, 0.5) is 0 Å². The maximum absolute atomic E-state index is 11.3. The van der Waals surface area contributed by atoms with E-state index >= 15 is 0 Å². The van der Waals surface area contributed by atoms with Crippen LogP contribution in [-0.4, -0.2) is 29.1 Å². The predicted molar refractivity (Wildman–Crippen MR) is 45.3 cm³/mol. The summed E-state index contributed by atoms with van der Waals surface area (Å²) in [6.07, 6.45) is 1.34. The fourth-order valence-corrected chi connectivity index (χ4v) is 3.35. The summed E-state index contributed by atoms with van der Waals surface area (Å²) in [6.45, 7) is 0. The van der Waals surface area contributed by atoms with Gasteiger partial charge >= 0.3 is 7.60 Å². The highest BCUT2D eigenvalue weighted by Crippen LogP contribution is 2.54. The van der Waals surface area contributed by atoms with Gasteiger partial charge in [-0.1, -0.05) is 11.6 Å². The third-order valence-corrected chi connectivity index (χ3v) is 6.23. The summed E-state index contributed by atoms with van der Waals surface area (Å²) >= 11 is 5.51. The smallest absolute Gasteiger partial charge is 0.310 e. The number of alkyl halides is 1. The van der Waals surface area contributed by atoms with Crippen molar-refractivity contribution in [1.82, 2.24) is 0 Å². The predicted octanol–water partition coefficient (Wildman–Crippen LogP) is 1.37. The first-order valence-electron chi connectivity index (χ1n) is 2.65. The minimum atomic E-state index is -3.36. The fourth-order valence-electron chi connectivity index (χ4n) is 0.422. The molecule has 0 aliphatic rings. The normalized spacial score (nSPS) is 17.8. The Morgan fingerprint density at radius 2 is 1.82 bits per heavy atom. The summed E-state index contributed by atoms with van der Waals surface area (Å²) in [5, 5.41) is 0. The molecule has 0 saturated heterocycles. The maximum atomic E-state index is 11.3. The van der Waals surface area contributed by atoms with Gasteiger partial charge < -0.3 is 9.05 Å². The molecule has 0 N–H and O–H groups in total. The highest BCUT2D eigenvalue weighted by atomic mass is 35.5. The third kappa shape index (κ3) is 2.84. The van der Waals surface area contributed by atoms with Crippen molar-refractivity contribution in [3.63, 3.8) is 0 Å². The Bertz CT molecular complexity index is 189. The molecule has 0 aromatic rings. The summed E-state index contributed by atoms with van der Waals surface area (Å²) in [7, 11) is -2.39. The first-order valence-corrected chi connectivity index (χ1v) is 6.32. The number of rotatable bonds is 4. The van der Waals surface area contributed by atoms with Crippen molar-refractivity contribution in [2.45, 2.75) is 4.45 Å². The van der Waals surface area contributed by atoms with Gasteiger partial charge in [-0.3, -0.25) is 8.77 Å². The molecule has 0 aliphatic heterocycles. The van der Waals surface area contributed by atoms with Crippen LogP contribution in [0.5, 0.6) is 0 Å². The first kappa shape index (κ1) is 11.6. The quantitative estimate of drug-likeness (QED) is 0.531. The van der Waals surface area contributed by atoms with Crippen LogP contribution < -0.4 is 0 Å². The van der Waals surface area contributed by atoms with Crippen LogP contribution in [0.25, 0.3) is 0 Å². The molecule has 0 aliphatic carbocycles. The van der Waals surface area contributed by atoms with Crippen molar-refractivity contribution in [1.29, 1.82) is 0 Å². The first-order chi connectivity index (χ1) is 4.98. The molecule has 2 atom stereocenters. The second-order valence-corrected chi connectivity index (χ2v) is 6.84. The van der Waals surface area contributed by atoms with E-state index in [2.05, 4.69) is 9.05 Å². The van der Waals surface area contributed by atoms with Crippen molar-refractivity contribution < 1.29 is 17.8 Å². The van der Waals surface area contributed by atoms with Crippen LogP contribution in [0, 0.1) is 0 Å². The zero-order valence-electron chi connectivity index (χ0n) is 6.44. The summed E-state index contributed by atoms with van der Waals surface area (Å²) in [5.41, 5.74) is 0. The molecular weight excluding hydrogens is 211 g/mol. The topological polar surface area (TPSA) is 52.6 Å². The van der Waals surface area contributed by atoms with Crippen LogP contribution in [0.1, 0.15) is 0 Å². The van der Waals surface area contributed by atoms with Crippen molar-refractivity contribution in [3.8, 4) is 0 Å². The van der Waals surface area contributed by atoms with Gasteiger partial charge in [-0.2, -0.15) is 0 Å². The zero-order chi connectivity index (χ0) is 9.07. The lowest BCUT2D eigenvalue weighted by atomic mass is 11.8. The van der Waals surface area contributed by atoms with Crippen LogP contribution in [0.3, 0.4) is 0 Å². The molecular formula is C4H10ClO4PS. The van der Waals surface area contributed by atoms with Crippen LogP contribution >= 0.6 is 19.2 Å². The standard InChI is InChI=1S/C4H10ClO4PS/c1-8-10(6,9-2)4(5)11(3)7/h4H,1-3H3/t4-,11-/m0/s1. The summed E-state index contributed by atoms with van der Waals surface area (Å²) in [6, 6.07) is 0. The molecule has 4 nitrogen and oxygen atoms in total. The van der Waals surface area contributed by atoms with E-state index in [1.54, 1.807) is 0 Å². The fraction of sp³-hybridized carbons (Fsp3) is 1.00. The van der Waals surface area contributed by atoms with Crippen molar-refractivity contribution in [2.24, 2.45) is 0 Å². The van der Waals surface area contributed by atoms with E-state index in [1.807, 2.05) is 0 Å². The molecule has 0 amide bonds. The van der Waals surface area contributed by atoms with E-state index in [4.69, 9.17) is 11.6 Å². The zero-order valence-corrected chi connectivity index (χ0v) is 8.91. The Labute approximate surface area is 73.2 Å². The van der Waals surface area contributed by atoms with Gasteiger partial charge in [-0.15, -0.1) is 0 Å². The second-order valence-electron chi connectivity index (χ2n) is 1.70. The van der Waals surface area contributed by atoms with E-state index < -0.39 is 22.8 Å². The monoisotopic (exact) mass is 220 g/mol. The van der Waals surface area contributed by atoms with Gasteiger partial charge in [0.05, 0.1) is 0 Å². The largest absolute Gasteiger partial charge is 0.360 e. The second kappa shape index (κ2) is 4.58. The summed E-state index contributed by atoms with van der Waals surface area (Å²) < 4.78 is 30.0. The Hall–Kier alpha value is 0.590. The van der Waals surface area contributed by atoms with Crippen molar-refractivity contribution in [3.05, 3.63) is 0 Å². The van der Waals surface area contributed by atoms with Gasteiger partial charge in [0.15, 0.2) is 0 Å². The molecule has 0 unspecified atom stereocenters. The molecule has 68 valence electrons. The Balaban J connectivity index is 4.51. The highest BCUT2D eigenvalue weighted by Gasteiger charge is 2.35. The lowest BCUT2D eigenvalue weighted by molar-refractivity contribution is 0.278. The van der Waals surface area contributed by atoms with E-state index in [-0.39, 0.29) is 0 Å². The van der Waals surface area contributed by atoms with Gasteiger partial charge in [0.25, 0.3) is 0 Å². The number of hydrogen-bond acceptors (Lipinski definition) is 4. The van der Waals surface area contributed by atoms with E-state index in [1.165, 1.54) is 20.5 Å². The third-order valence-electron chi connectivity index (χ3n) is 1.03. The average Bonchev–Trinajstić information content (AvgIpc) is 2.01. The van der Waals surface area contributed by atoms with Gasteiger partial charge in [-0.05, 0) is 0 Å². The Morgan fingerprint density at radius 1 is 1.45 bits per heavy atom. The average molecular weight is 221 g/mol. The van der Waals surface area contributed by atoms with Crippen LogP contribution in [0.15, 0.2) is 0 Å². The van der Waals surface area contributed by atoms with Gasteiger partial charge in [0, 0.05) is 31.3 Å². The molecule has 0 rings (SSSR count). The molecule has 0 fully saturated rings. The summed E-state index contributed by atoms with van der Waals surface area (Å²) in [4.78, 5) is 0. The van der Waals surface area contributed by atoms with Crippen LogP contribution in [0.2, 0.25) is 0 Å². The molecule has 0 saturated carbocycles. The lowest BCUT2D eigenvalue weighted by Crippen LogP contribution is -2.09. The molecule has 0 bridgehead atoms. The maximum Gasteiger partial charge on any atom is 0.360 e. The molecule has 0 spiro atoms. The Morgan fingerprint density at radius 3 is 1.91 bits per heavy atom.